The first-order chi connectivity index (χ1) is 9.04. The average Bonchev–Trinajstić information content (AvgIpc) is 2.80. The minimum atomic E-state index is 0.259. The van der Waals surface area contributed by atoms with Crippen molar-refractivity contribution in [1.29, 1.82) is 0 Å². The number of nitrogens with one attached hydrogen (secondary N) is 1. The molecule has 0 aliphatic carbocycles. The highest BCUT2D eigenvalue weighted by Crippen LogP contribution is 2.16. The Bertz CT molecular complexity index is 519. The SMILES string of the molecule is Cc1nc(N[C@@H](C)Cn2cccn2)cc(C(C)C)n1. The van der Waals surface area contributed by atoms with Gasteiger partial charge in [0.1, 0.15) is 11.6 Å². The van der Waals surface area contributed by atoms with Crippen molar-refractivity contribution in [3.8, 4) is 0 Å². The lowest BCUT2D eigenvalue weighted by atomic mass is 10.1. The van der Waals surface area contributed by atoms with E-state index in [0.29, 0.717) is 5.92 Å². The van der Waals surface area contributed by atoms with Crippen LogP contribution in [-0.2, 0) is 6.54 Å². The molecule has 19 heavy (non-hydrogen) atoms. The van der Waals surface area contributed by atoms with Gasteiger partial charge in [-0.2, -0.15) is 5.10 Å². The Balaban J connectivity index is 2.05. The Morgan fingerprint density at radius 1 is 1.26 bits per heavy atom. The van der Waals surface area contributed by atoms with E-state index in [1.807, 2.05) is 29.9 Å². The summed E-state index contributed by atoms with van der Waals surface area (Å²) in [6, 6.07) is 4.21. The van der Waals surface area contributed by atoms with Gasteiger partial charge in [-0.3, -0.25) is 4.68 Å². The first-order valence-electron chi connectivity index (χ1n) is 6.64. The summed E-state index contributed by atoms with van der Waals surface area (Å²) in [5.74, 6) is 2.10. The van der Waals surface area contributed by atoms with Gasteiger partial charge in [0, 0.05) is 30.2 Å². The van der Waals surface area contributed by atoms with E-state index in [0.717, 1.165) is 23.9 Å². The Labute approximate surface area is 114 Å². The number of aryl methyl sites for hydroxylation is 1. The fraction of sp³-hybridized carbons (Fsp3) is 0.500. The maximum atomic E-state index is 4.45. The molecule has 2 heterocycles. The third-order valence-electron chi connectivity index (χ3n) is 2.86. The van der Waals surface area contributed by atoms with Crippen LogP contribution in [0.3, 0.4) is 0 Å². The predicted octanol–water partition coefficient (Wildman–Crippen LogP) is 2.61. The van der Waals surface area contributed by atoms with E-state index in [4.69, 9.17) is 0 Å². The Hall–Kier alpha value is -1.91. The van der Waals surface area contributed by atoms with E-state index in [9.17, 15) is 0 Å². The summed E-state index contributed by atoms with van der Waals surface area (Å²) in [6.45, 7) is 9.13. The molecule has 0 radical (unpaired) electrons. The fourth-order valence-electron chi connectivity index (χ4n) is 1.95. The van der Waals surface area contributed by atoms with Crippen molar-refractivity contribution in [1.82, 2.24) is 19.7 Å². The molecule has 5 heteroatoms. The summed E-state index contributed by atoms with van der Waals surface area (Å²) in [5.41, 5.74) is 1.07. The summed E-state index contributed by atoms with van der Waals surface area (Å²) in [5, 5.41) is 7.61. The minimum absolute atomic E-state index is 0.259. The van der Waals surface area contributed by atoms with Gasteiger partial charge in [-0.15, -0.1) is 0 Å². The number of anilines is 1. The quantitative estimate of drug-likeness (QED) is 0.896. The van der Waals surface area contributed by atoms with Crippen LogP contribution >= 0.6 is 0 Å². The summed E-state index contributed by atoms with van der Waals surface area (Å²) >= 11 is 0. The van der Waals surface area contributed by atoms with Gasteiger partial charge in [0.25, 0.3) is 0 Å². The topological polar surface area (TPSA) is 55.6 Å². The molecule has 0 aliphatic heterocycles. The average molecular weight is 259 g/mol. The van der Waals surface area contributed by atoms with Crippen molar-refractivity contribution in [2.45, 2.75) is 46.2 Å². The van der Waals surface area contributed by atoms with E-state index in [-0.39, 0.29) is 6.04 Å². The number of hydrogen-bond donors (Lipinski definition) is 1. The van der Waals surface area contributed by atoms with Crippen LogP contribution < -0.4 is 5.32 Å². The maximum absolute atomic E-state index is 4.45. The number of hydrogen-bond acceptors (Lipinski definition) is 4. The van der Waals surface area contributed by atoms with Gasteiger partial charge in [-0.25, -0.2) is 9.97 Å². The van der Waals surface area contributed by atoms with E-state index in [2.05, 4.69) is 41.2 Å². The second kappa shape index (κ2) is 5.82. The maximum Gasteiger partial charge on any atom is 0.130 e. The molecule has 0 saturated heterocycles. The lowest BCUT2D eigenvalue weighted by Gasteiger charge is -2.16. The molecule has 2 rings (SSSR count). The van der Waals surface area contributed by atoms with Crippen LogP contribution in [0.4, 0.5) is 5.82 Å². The molecule has 0 aromatic carbocycles. The molecule has 5 nitrogen and oxygen atoms in total. The highest BCUT2D eigenvalue weighted by atomic mass is 15.3. The molecular formula is C14H21N5. The minimum Gasteiger partial charge on any atom is -0.366 e. The highest BCUT2D eigenvalue weighted by Gasteiger charge is 2.08. The van der Waals surface area contributed by atoms with Gasteiger partial charge in [-0.1, -0.05) is 13.8 Å². The molecular weight excluding hydrogens is 238 g/mol. The number of rotatable bonds is 5. The van der Waals surface area contributed by atoms with Gasteiger partial charge in [-0.05, 0) is 25.8 Å². The van der Waals surface area contributed by atoms with E-state index >= 15 is 0 Å². The number of aromatic nitrogens is 4. The number of nitrogens with zero attached hydrogens (tertiary/aromatic N) is 4. The Morgan fingerprint density at radius 2 is 2.05 bits per heavy atom. The molecule has 0 fully saturated rings. The van der Waals surface area contributed by atoms with E-state index in [1.165, 1.54) is 0 Å². The molecule has 2 aromatic heterocycles. The molecule has 2 aromatic rings. The van der Waals surface area contributed by atoms with Crippen LogP contribution in [0.15, 0.2) is 24.5 Å². The predicted molar refractivity (Wildman–Crippen MR) is 76.2 cm³/mol. The smallest absolute Gasteiger partial charge is 0.130 e. The van der Waals surface area contributed by atoms with Crippen LogP contribution in [0.1, 0.15) is 38.2 Å². The van der Waals surface area contributed by atoms with Crippen molar-refractivity contribution in [2.75, 3.05) is 5.32 Å². The van der Waals surface area contributed by atoms with E-state index in [1.54, 1.807) is 6.20 Å². The standard InChI is InChI=1S/C14H21N5/c1-10(2)13-8-14(18-12(4)17-13)16-11(3)9-19-7-5-6-15-19/h5-8,10-11H,9H2,1-4H3,(H,16,17,18)/t11-/m0/s1. The van der Waals surface area contributed by atoms with Gasteiger partial charge in [0.15, 0.2) is 0 Å². The van der Waals surface area contributed by atoms with Gasteiger partial charge < -0.3 is 5.32 Å². The van der Waals surface area contributed by atoms with Crippen molar-refractivity contribution in [3.05, 3.63) is 36.0 Å². The largest absolute Gasteiger partial charge is 0.366 e. The molecule has 0 spiro atoms. The van der Waals surface area contributed by atoms with Crippen LogP contribution in [0.25, 0.3) is 0 Å². The molecule has 1 N–H and O–H groups in total. The van der Waals surface area contributed by atoms with E-state index < -0.39 is 0 Å². The van der Waals surface area contributed by atoms with Crippen molar-refractivity contribution in [3.63, 3.8) is 0 Å². The van der Waals surface area contributed by atoms with Crippen LogP contribution in [0.2, 0.25) is 0 Å². The molecule has 0 unspecified atom stereocenters. The third kappa shape index (κ3) is 3.77. The lowest BCUT2D eigenvalue weighted by molar-refractivity contribution is 0.559. The molecule has 0 saturated carbocycles. The van der Waals surface area contributed by atoms with Gasteiger partial charge in [0.2, 0.25) is 0 Å². The first kappa shape index (κ1) is 13.5. The second-order valence-electron chi connectivity index (χ2n) is 5.15. The van der Waals surface area contributed by atoms with Gasteiger partial charge >= 0.3 is 0 Å². The normalized spacial score (nSPS) is 12.7. The summed E-state index contributed by atoms with van der Waals surface area (Å²) in [4.78, 5) is 8.88. The van der Waals surface area contributed by atoms with Gasteiger partial charge in [0.05, 0.1) is 6.54 Å². The fourth-order valence-corrected chi connectivity index (χ4v) is 1.95. The van der Waals surface area contributed by atoms with Crippen molar-refractivity contribution >= 4 is 5.82 Å². The Kier molecular flexibility index (Phi) is 4.14. The van der Waals surface area contributed by atoms with Crippen LogP contribution in [0, 0.1) is 6.92 Å². The zero-order valence-electron chi connectivity index (χ0n) is 12.0. The summed E-state index contributed by atoms with van der Waals surface area (Å²) in [7, 11) is 0. The molecule has 0 bridgehead atoms. The van der Waals surface area contributed by atoms with Crippen LogP contribution in [0.5, 0.6) is 0 Å². The molecule has 0 aliphatic rings. The zero-order valence-corrected chi connectivity index (χ0v) is 12.0. The lowest BCUT2D eigenvalue weighted by Crippen LogP contribution is -2.23. The zero-order chi connectivity index (χ0) is 13.8. The van der Waals surface area contributed by atoms with Crippen LogP contribution in [-0.4, -0.2) is 25.8 Å². The van der Waals surface area contributed by atoms with Crippen molar-refractivity contribution < 1.29 is 0 Å². The molecule has 102 valence electrons. The van der Waals surface area contributed by atoms with Crippen molar-refractivity contribution in [2.24, 2.45) is 0 Å². The Morgan fingerprint density at radius 3 is 2.68 bits per heavy atom. The monoisotopic (exact) mass is 259 g/mol. The first-order valence-corrected chi connectivity index (χ1v) is 6.64. The summed E-state index contributed by atoms with van der Waals surface area (Å²) < 4.78 is 1.91. The molecule has 0 amide bonds. The summed E-state index contributed by atoms with van der Waals surface area (Å²) in [6.07, 6.45) is 3.75. The highest BCUT2D eigenvalue weighted by molar-refractivity contribution is 5.37. The third-order valence-corrected chi connectivity index (χ3v) is 2.86. The second-order valence-corrected chi connectivity index (χ2v) is 5.15. The molecule has 1 atom stereocenters.